The molecule has 0 unspecified atom stereocenters. The number of hydrogen-bond donors (Lipinski definition) is 0. The van der Waals surface area contributed by atoms with E-state index >= 15 is 0 Å². The van der Waals surface area contributed by atoms with Gasteiger partial charge in [0.15, 0.2) is 5.78 Å². The van der Waals surface area contributed by atoms with Crippen molar-refractivity contribution in [1.29, 1.82) is 0 Å². The molecule has 0 radical (unpaired) electrons. The van der Waals surface area contributed by atoms with Crippen LogP contribution < -0.4 is 9.64 Å². The molecule has 0 N–H and O–H groups in total. The fourth-order valence-corrected chi connectivity index (χ4v) is 6.58. The first-order valence-electron chi connectivity index (χ1n) is 11.5. The summed E-state index contributed by atoms with van der Waals surface area (Å²) in [6.07, 6.45) is 0.669. The number of carbonyl (C=O) groups is 1. The van der Waals surface area contributed by atoms with Crippen LogP contribution >= 0.6 is 0 Å². The lowest BCUT2D eigenvalue weighted by molar-refractivity contribution is -0.159. The Bertz CT molecular complexity index is 1280. The van der Waals surface area contributed by atoms with Crippen molar-refractivity contribution in [3.63, 3.8) is 0 Å². The van der Waals surface area contributed by atoms with Crippen molar-refractivity contribution in [2.75, 3.05) is 16.4 Å². The third-order valence-electron chi connectivity index (χ3n) is 7.10. The Labute approximate surface area is 204 Å². The maximum Gasteiger partial charge on any atom is 0.394 e. The number of nitrogens with zero attached hydrogens (tertiary/aromatic N) is 2. The zero-order valence-electron chi connectivity index (χ0n) is 20.4. The smallest absolute Gasteiger partial charge is 0.394 e. The minimum Gasteiger partial charge on any atom is -0.431 e. The van der Waals surface area contributed by atoms with E-state index in [4.69, 9.17) is 0 Å². The number of rotatable bonds is 6. The van der Waals surface area contributed by atoms with Crippen molar-refractivity contribution in [2.45, 2.75) is 58.5 Å². The summed E-state index contributed by atoms with van der Waals surface area (Å²) in [5, 5.41) is 0. The average molecular weight is 505 g/mol. The number of allylic oxidation sites excluding steroid dienone is 1. The Morgan fingerprint density at radius 3 is 2.46 bits per heavy atom. The SMILES string of the molecule is C=C1N(c2cncc(OC(C)(F)F)c2)c2ccc(C(=O)CC3(C)CCS(=O)(=O)CC3)cc2C1(C)C. The van der Waals surface area contributed by atoms with Crippen LogP contribution in [0.15, 0.2) is 48.9 Å². The Morgan fingerprint density at radius 2 is 1.83 bits per heavy atom. The molecule has 1 fully saturated rings. The maximum atomic E-state index is 13.4. The molecule has 0 spiro atoms. The summed E-state index contributed by atoms with van der Waals surface area (Å²) in [5.41, 5.74) is 2.59. The fourth-order valence-electron chi connectivity index (χ4n) is 4.77. The monoisotopic (exact) mass is 504 g/mol. The van der Waals surface area contributed by atoms with Crippen LogP contribution in [0.1, 0.15) is 62.9 Å². The number of ketones is 1. The van der Waals surface area contributed by atoms with Crippen molar-refractivity contribution < 1.29 is 26.7 Å². The molecule has 0 atom stereocenters. The Balaban J connectivity index is 1.63. The summed E-state index contributed by atoms with van der Waals surface area (Å²) >= 11 is 0. The Morgan fingerprint density at radius 1 is 1.17 bits per heavy atom. The molecule has 0 amide bonds. The zero-order valence-corrected chi connectivity index (χ0v) is 21.2. The molecule has 4 rings (SSSR count). The molecule has 2 aliphatic heterocycles. The van der Waals surface area contributed by atoms with Crippen LogP contribution in [0.25, 0.3) is 0 Å². The lowest BCUT2D eigenvalue weighted by Crippen LogP contribution is -2.33. The van der Waals surface area contributed by atoms with Gasteiger partial charge in [-0.25, -0.2) is 8.42 Å². The van der Waals surface area contributed by atoms with Crippen LogP contribution in [0.2, 0.25) is 0 Å². The van der Waals surface area contributed by atoms with Crippen LogP contribution in [0.3, 0.4) is 0 Å². The van der Waals surface area contributed by atoms with E-state index in [-0.39, 0.29) is 34.9 Å². The number of ether oxygens (including phenoxy) is 1. The first-order valence-corrected chi connectivity index (χ1v) is 13.3. The first kappa shape index (κ1) is 25.3. The summed E-state index contributed by atoms with van der Waals surface area (Å²) in [4.78, 5) is 19.1. The number of benzene rings is 1. The molecule has 0 saturated carbocycles. The molecular formula is C26H30F2N2O4S. The quantitative estimate of drug-likeness (QED) is 0.463. The highest BCUT2D eigenvalue weighted by Crippen LogP contribution is 2.51. The molecule has 1 aromatic heterocycles. The molecule has 0 aliphatic carbocycles. The van der Waals surface area contributed by atoms with E-state index in [0.717, 1.165) is 11.3 Å². The van der Waals surface area contributed by atoms with E-state index in [1.165, 1.54) is 12.3 Å². The zero-order chi connectivity index (χ0) is 25.8. The summed E-state index contributed by atoms with van der Waals surface area (Å²) in [5.74, 6) is 0.132. The van der Waals surface area contributed by atoms with Gasteiger partial charge in [-0.1, -0.05) is 27.4 Å². The number of fused-ring (bicyclic) bond motifs is 1. The van der Waals surface area contributed by atoms with Gasteiger partial charge in [0, 0.05) is 36.1 Å². The largest absolute Gasteiger partial charge is 0.431 e. The van der Waals surface area contributed by atoms with Gasteiger partial charge >= 0.3 is 6.11 Å². The van der Waals surface area contributed by atoms with Gasteiger partial charge in [-0.15, -0.1) is 0 Å². The topological polar surface area (TPSA) is 76.6 Å². The molecule has 9 heteroatoms. The number of aromatic nitrogens is 1. The summed E-state index contributed by atoms with van der Waals surface area (Å²) in [7, 11) is -3.01. The molecular weight excluding hydrogens is 474 g/mol. The first-order chi connectivity index (χ1) is 16.1. The second-order valence-electron chi connectivity index (χ2n) is 10.5. The molecule has 3 heterocycles. The number of pyridine rings is 1. The predicted molar refractivity (Wildman–Crippen MR) is 131 cm³/mol. The van der Waals surface area contributed by atoms with Crippen molar-refractivity contribution in [3.05, 3.63) is 60.1 Å². The van der Waals surface area contributed by atoms with Crippen LogP contribution in [-0.2, 0) is 15.3 Å². The molecule has 188 valence electrons. The normalized spacial score (nSPS) is 20.4. The number of Topliss-reactive ketones (excluding diaryl/α,β-unsaturated/α-hetero) is 1. The summed E-state index contributed by atoms with van der Waals surface area (Å²) in [6.45, 7) is 10.9. The average Bonchev–Trinajstić information content (AvgIpc) is 2.95. The predicted octanol–water partition coefficient (Wildman–Crippen LogP) is 5.80. The van der Waals surface area contributed by atoms with E-state index < -0.39 is 21.4 Å². The van der Waals surface area contributed by atoms with E-state index in [9.17, 15) is 22.0 Å². The van der Waals surface area contributed by atoms with Crippen LogP contribution in [0.5, 0.6) is 5.75 Å². The van der Waals surface area contributed by atoms with Crippen molar-refractivity contribution in [1.82, 2.24) is 4.98 Å². The molecule has 2 aliphatic rings. The number of hydrogen-bond acceptors (Lipinski definition) is 6. The lowest BCUT2D eigenvalue weighted by Gasteiger charge is -2.32. The number of anilines is 2. The minimum absolute atomic E-state index is 0.0308. The molecule has 1 aromatic carbocycles. The van der Waals surface area contributed by atoms with Crippen molar-refractivity contribution >= 4 is 27.0 Å². The van der Waals surface area contributed by atoms with E-state index in [2.05, 4.69) is 16.3 Å². The van der Waals surface area contributed by atoms with Gasteiger partial charge in [-0.05, 0) is 42.0 Å². The van der Waals surface area contributed by atoms with E-state index in [1.54, 1.807) is 12.3 Å². The van der Waals surface area contributed by atoms with Crippen LogP contribution in [-0.4, -0.2) is 36.8 Å². The highest BCUT2D eigenvalue weighted by atomic mass is 32.2. The molecule has 6 nitrogen and oxygen atoms in total. The van der Waals surface area contributed by atoms with Gasteiger partial charge in [-0.2, -0.15) is 8.78 Å². The maximum absolute atomic E-state index is 13.4. The second kappa shape index (κ2) is 8.40. The number of carbonyl (C=O) groups excluding carboxylic acids is 1. The van der Waals surface area contributed by atoms with Gasteiger partial charge in [0.05, 0.1) is 35.3 Å². The molecule has 35 heavy (non-hydrogen) atoms. The van der Waals surface area contributed by atoms with Gasteiger partial charge in [0.2, 0.25) is 0 Å². The molecule has 2 aromatic rings. The van der Waals surface area contributed by atoms with E-state index in [1.807, 2.05) is 37.8 Å². The van der Waals surface area contributed by atoms with Gasteiger partial charge in [-0.3, -0.25) is 9.78 Å². The minimum atomic E-state index is -3.34. The Kier molecular flexibility index (Phi) is 6.07. The second-order valence-corrected chi connectivity index (χ2v) is 12.8. The molecule has 0 bridgehead atoms. The number of sulfone groups is 1. The molecule has 1 saturated heterocycles. The van der Waals surface area contributed by atoms with Crippen LogP contribution in [0, 0.1) is 5.41 Å². The Hall–Kier alpha value is -2.81. The summed E-state index contributed by atoms with van der Waals surface area (Å²) < 4.78 is 55.0. The lowest BCUT2D eigenvalue weighted by atomic mass is 9.77. The van der Waals surface area contributed by atoms with Gasteiger partial charge < -0.3 is 9.64 Å². The standard InChI is InChI=1S/C26H30F2N2O4S/c1-17-24(2,3)21-12-18(23(31)14-25(4)8-10-35(32,33)11-9-25)6-7-22(21)30(17)19-13-20(16-29-15-19)34-26(5,27)28/h6-7,12-13,15-16H,1,8-11,14H2,2-5H3. The third kappa shape index (κ3) is 5.10. The van der Waals surface area contributed by atoms with Gasteiger partial charge in [0.25, 0.3) is 0 Å². The number of halogens is 2. The van der Waals surface area contributed by atoms with E-state index in [0.29, 0.717) is 36.7 Å². The highest BCUT2D eigenvalue weighted by Gasteiger charge is 2.41. The van der Waals surface area contributed by atoms with Gasteiger partial charge in [0.1, 0.15) is 15.6 Å². The summed E-state index contributed by atoms with van der Waals surface area (Å²) in [6, 6.07) is 6.93. The van der Waals surface area contributed by atoms with Crippen LogP contribution in [0.4, 0.5) is 20.2 Å². The van der Waals surface area contributed by atoms with Crippen molar-refractivity contribution in [2.24, 2.45) is 5.41 Å². The van der Waals surface area contributed by atoms with Crippen molar-refractivity contribution in [3.8, 4) is 5.75 Å². The fraction of sp³-hybridized carbons (Fsp3) is 0.462. The highest BCUT2D eigenvalue weighted by molar-refractivity contribution is 7.91. The third-order valence-corrected chi connectivity index (χ3v) is 8.75. The number of alkyl halides is 2.